The molecule has 39 heavy (non-hydrogen) atoms. The zero-order valence-electron chi connectivity index (χ0n) is 20.9. The monoisotopic (exact) mass is 546 g/mol. The summed E-state index contributed by atoms with van der Waals surface area (Å²) in [6.45, 7) is 1.81. The van der Waals surface area contributed by atoms with E-state index in [9.17, 15) is 17.6 Å². The summed E-state index contributed by atoms with van der Waals surface area (Å²) in [6.07, 6.45) is 1.60. The van der Waals surface area contributed by atoms with Crippen molar-refractivity contribution < 1.29 is 26.7 Å². The van der Waals surface area contributed by atoms with Gasteiger partial charge in [-0.25, -0.2) is 17.2 Å². The minimum Gasteiger partial charge on any atom is -0.492 e. The number of para-hydroxylation sites is 1. The van der Waals surface area contributed by atoms with E-state index >= 15 is 4.39 Å². The van der Waals surface area contributed by atoms with Crippen LogP contribution in [0.2, 0.25) is 0 Å². The van der Waals surface area contributed by atoms with Gasteiger partial charge in [0.1, 0.15) is 24.0 Å². The number of benzene rings is 3. The van der Waals surface area contributed by atoms with Gasteiger partial charge in [-0.15, -0.1) is 0 Å². The Kier molecular flexibility index (Phi) is 6.48. The maximum Gasteiger partial charge on any atom is 0.195 e. The molecule has 6 nitrogen and oxygen atoms in total. The molecule has 198 valence electrons. The van der Waals surface area contributed by atoms with Gasteiger partial charge in [0, 0.05) is 65.1 Å². The molecule has 0 spiro atoms. The summed E-state index contributed by atoms with van der Waals surface area (Å²) < 4.78 is 58.0. The third-order valence-electron chi connectivity index (χ3n) is 7.17. The second-order valence-corrected chi connectivity index (χ2v) is 12.0. The summed E-state index contributed by atoms with van der Waals surface area (Å²) in [5, 5.41) is 0.833. The topological polar surface area (TPSA) is 76.6 Å². The Morgan fingerprint density at radius 1 is 0.872 bits per heavy atom. The Labute approximate surface area is 224 Å². The van der Waals surface area contributed by atoms with Crippen molar-refractivity contribution in [1.29, 1.82) is 0 Å². The van der Waals surface area contributed by atoms with Crippen LogP contribution in [-0.2, 0) is 9.84 Å². The standard InChI is InChI=1S/C30H24F2N2O4S/c31-21-5-7-24(26(32)16-21)29-23-8-6-22(38-12-9-34-10-13-39(36,37)14-11-34)17-25(23)30(35)28(29)20-15-19-3-1-2-4-27(19)33-18-20/h1-8,15-18H,9-14H2. The number of ketones is 1. The number of hydrogen-bond acceptors (Lipinski definition) is 6. The number of sulfone groups is 1. The van der Waals surface area contributed by atoms with Gasteiger partial charge in [0.05, 0.1) is 17.0 Å². The van der Waals surface area contributed by atoms with Crippen molar-refractivity contribution >= 4 is 37.7 Å². The maximum atomic E-state index is 15.1. The molecule has 6 rings (SSSR count). The van der Waals surface area contributed by atoms with E-state index in [4.69, 9.17) is 4.74 Å². The molecule has 3 aromatic carbocycles. The second-order valence-electron chi connectivity index (χ2n) is 9.67. The van der Waals surface area contributed by atoms with E-state index in [-0.39, 0.29) is 22.9 Å². The minimum absolute atomic E-state index is 0.125. The predicted octanol–water partition coefficient (Wildman–Crippen LogP) is 4.78. The Morgan fingerprint density at radius 3 is 2.44 bits per heavy atom. The van der Waals surface area contributed by atoms with Crippen molar-refractivity contribution in [2.45, 2.75) is 0 Å². The van der Waals surface area contributed by atoms with Crippen molar-refractivity contribution in [2.24, 2.45) is 0 Å². The molecule has 0 saturated carbocycles. The van der Waals surface area contributed by atoms with Crippen LogP contribution in [-0.4, -0.2) is 61.8 Å². The third-order valence-corrected chi connectivity index (χ3v) is 8.78. The summed E-state index contributed by atoms with van der Waals surface area (Å²) in [5.41, 5.74) is 2.99. The van der Waals surface area contributed by atoms with E-state index in [2.05, 4.69) is 4.98 Å². The van der Waals surface area contributed by atoms with Crippen LogP contribution in [0.25, 0.3) is 22.0 Å². The zero-order valence-corrected chi connectivity index (χ0v) is 21.7. The number of ether oxygens (including phenoxy) is 1. The average Bonchev–Trinajstić information content (AvgIpc) is 3.21. The van der Waals surface area contributed by atoms with Crippen LogP contribution in [0.15, 0.2) is 72.9 Å². The van der Waals surface area contributed by atoms with E-state index in [0.717, 1.165) is 17.0 Å². The lowest BCUT2D eigenvalue weighted by Gasteiger charge is -2.26. The van der Waals surface area contributed by atoms with Crippen LogP contribution in [0, 0.1) is 11.6 Å². The van der Waals surface area contributed by atoms with Gasteiger partial charge in [-0.05, 0) is 48.0 Å². The summed E-state index contributed by atoms with van der Waals surface area (Å²) in [6, 6.07) is 17.8. The number of allylic oxidation sites excluding steroid dienone is 1. The van der Waals surface area contributed by atoms with Crippen LogP contribution in [0.4, 0.5) is 8.78 Å². The fraction of sp³-hybridized carbons (Fsp3) is 0.200. The molecule has 0 amide bonds. The van der Waals surface area contributed by atoms with E-state index in [0.29, 0.717) is 59.8 Å². The normalized spacial score (nSPS) is 17.0. The number of carbonyl (C=O) groups is 1. The van der Waals surface area contributed by atoms with Gasteiger partial charge in [-0.1, -0.05) is 18.2 Å². The molecule has 0 bridgehead atoms. The van der Waals surface area contributed by atoms with E-state index in [1.165, 1.54) is 12.1 Å². The van der Waals surface area contributed by atoms with Crippen LogP contribution in [0.3, 0.4) is 0 Å². The lowest BCUT2D eigenvalue weighted by molar-refractivity contribution is 0.105. The van der Waals surface area contributed by atoms with Gasteiger partial charge in [-0.2, -0.15) is 0 Å². The highest BCUT2D eigenvalue weighted by Crippen LogP contribution is 2.44. The average molecular weight is 547 g/mol. The van der Waals surface area contributed by atoms with Crippen LogP contribution in [0.5, 0.6) is 5.75 Å². The first-order valence-electron chi connectivity index (χ1n) is 12.6. The number of aromatic nitrogens is 1. The number of hydrogen-bond donors (Lipinski definition) is 0. The number of carbonyl (C=O) groups excluding carboxylic acids is 1. The molecule has 2 aliphatic rings. The highest BCUT2D eigenvalue weighted by Gasteiger charge is 2.33. The Balaban J connectivity index is 1.34. The number of fused-ring (bicyclic) bond motifs is 2. The molecule has 4 aromatic rings. The van der Waals surface area contributed by atoms with E-state index < -0.39 is 21.5 Å². The second kappa shape index (κ2) is 9.98. The van der Waals surface area contributed by atoms with Crippen molar-refractivity contribution in [3.05, 3.63) is 107 Å². The Hall–Kier alpha value is -3.95. The largest absolute Gasteiger partial charge is 0.492 e. The SMILES string of the molecule is O=C1C(c2cnc3ccccc3c2)=C(c2ccc(F)cc2F)c2ccc(OCCN3CCS(=O)(=O)CC3)cc21. The molecule has 1 aromatic heterocycles. The van der Waals surface area contributed by atoms with Crippen LogP contribution < -0.4 is 4.74 Å². The summed E-state index contributed by atoms with van der Waals surface area (Å²) in [4.78, 5) is 20.3. The van der Waals surface area contributed by atoms with Gasteiger partial charge in [0.15, 0.2) is 15.6 Å². The molecule has 1 aliphatic heterocycles. The van der Waals surface area contributed by atoms with Crippen LogP contribution in [0.1, 0.15) is 27.0 Å². The van der Waals surface area contributed by atoms with Gasteiger partial charge in [0.2, 0.25) is 0 Å². The van der Waals surface area contributed by atoms with Gasteiger partial charge in [0.25, 0.3) is 0 Å². The van der Waals surface area contributed by atoms with Gasteiger partial charge >= 0.3 is 0 Å². The molecule has 2 heterocycles. The van der Waals surface area contributed by atoms with Gasteiger partial charge in [-0.3, -0.25) is 14.7 Å². The van der Waals surface area contributed by atoms with E-state index in [1.54, 1.807) is 24.4 Å². The molecule has 1 saturated heterocycles. The van der Waals surface area contributed by atoms with Crippen molar-refractivity contribution in [1.82, 2.24) is 9.88 Å². The molecule has 0 atom stereocenters. The Bertz CT molecular complexity index is 1750. The molecule has 0 unspecified atom stereocenters. The molecule has 0 N–H and O–H groups in total. The lowest BCUT2D eigenvalue weighted by Crippen LogP contribution is -2.42. The highest BCUT2D eigenvalue weighted by atomic mass is 32.2. The molecular weight excluding hydrogens is 522 g/mol. The fourth-order valence-corrected chi connectivity index (χ4v) is 6.40. The van der Waals surface area contributed by atoms with Gasteiger partial charge < -0.3 is 4.74 Å². The highest BCUT2D eigenvalue weighted by molar-refractivity contribution is 7.91. The maximum absolute atomic E-state index is 15.1. The van der Waals surface area contributed by atoms with Crippen LogP contribution >= 0.6 is 0 Å². The number of nitrogens with zero attached hydrogens (tertiary/aromatic N) is 2. The molecule has 9 heteroatoms. The summed E-state index contributed by atoms with van der Waals surface area (Å²) in [5.74, 6) is -1.01. The molecular formula is C30H24F2N2O4S. The number of rotatable bonds is 6. The molecule has 1 fully saturated rings. The minimum atomic E-state index is -2.96. The number of pyridine rings is 1. The van der Waals surface area contributed by atoms with Crippen molar-refractivity contribution in [3.63, 3.8) is 0 Å². The predicted molar refractivity (Wildman–Crippen MR) is 145 cm³/mol. The molecule has 0 radical (unpaired) electrons. The summed E-state index contributed by atoms with van der Waals surface area (Å²) >= 11 is 0. The molecule has 1 aliphatic carbocycles. The summed E-state index contributed by atoms with van der Waals surface area (Å²) in [7, 11) is -2.96. The fourth-order valence-electron chi connectivity index (χ4n) is 5.12. The zero-order chi connectivity index (χ0) is 27.1. The quantitative estimate of drug-likeness (QED) is 0.347. The van der Waals surface area contributed by atoms with E-state index in [1.807, 2.05) is 35.2 Å². The first-order valence-corrected chi connectivity index (χ1v) is 14.4. The first kappa shape index (κ1) is 25.3. The number of Topliss-reactive ketones (excluding diaryl/α,β-unsaturated/α-hetero) is 1. The number of halogens is 2. The first-order chi connectivity index (χ1) is 18.8. The van der Waals surface area contributed by atoms with Crippen molar-refractivity contribution in [2.75, 3.05) is 37.7 Å². The Morgan fingerprint density at radius 2 is 1.64 bits per heavy atom. The van der Waals surface area contributed by atoms with Crippen molar-refractivity contribution in [3.8, 4) is 5.75 Å². The smallest absolute Gasteiger partial charge is 0.195 e. The third kappa shape index (κ3) is 4.95. The lowest BCUT2D eigenvalue weighted by atomic mass is 9.94.